The normalized spacial score (nSPS) is 21.3. The molecule has 1 aliphatic carbocycles. The zero-order chi connectivity index (χ0) is 101. The number of pyridine rings is 1. The largest absolute Gasteiger partial charge is 0.510 e. The minimum absolute atomic E-state index is 0. The van der Waals surface area contributed by atoms with Gasteiger partial charge in [0.15, 0.2) is 8.07 Å². The summed E-state index contributed by atoms with van der Waals surface area (Å²) < 4.78 is 423. The minimum atomic E-state index is -6.84. The van der Waals surface area contributed by atoms with Gasteiger partial charge < -0.3 is 13.9 Å². The number of para-hydroxylation sites is 1. The molecule has 0 amide bonds. The van der Waals surface area contributed by atoms with Gasteiger partial charge in [-0.05, 0) is 154 Å². The molecular formula is C86H74N4OPtSi-2. The number of aryl methyl sites for hydroxylation is 3. The van der Waals surface area contributed by atoms with E-state index < -0.39 is 300 Å². The molecule has 3 heterocycles. The van der Waals surface area contributed by atoms with E-state index in [-0.39, 0.29) is 71.8 Å². The van der Waals surface area contributed by atoms with Crippen LogP contribution in [0, 0.1) is 39.0 Å². The molecule has 11 aromatic carbocycles. The van der Waals surface area contributed by atoms with Crippen molar-refractivity contribution in [3.05, 3.63) is 306 Å². The Balaban J connectivity index is 0.0000150. The molecule has 3 aromatic heterocycles. The number of hydrogen-bond acceptors (Lipinski definition) is 2. The van der Waals surface area contributed by atoms with Crippen LogP contribution in [0.4, 0.5) is 0 Å². The summed E-state index contributed by atoms with van der Waals surface area (Å²) in [6.45, 7) is -21.4. The number of benzene rings is 11. The summed E-state index contributed by atoms with van der Waals surface area (Å²) in [7, 11) is -6.84. The molecule has 7 heteroatoms. The van der Waals surface area contributed by atoms with Gasteiger partial charge in [0.1, 0.15) is 5.82 Å². The molecule has 1 aliphatic rings. The molecule has 0 fully saturated rings. The molecule has 5 nitrogen and oxygen atoms in total. The Hall–Kier alpha value is -9.45. The Morgan fingerprint density at radius 3 is 1.88 bits per heavy atom. The van der Waals surface area contributed by atoms with Crippen LogP contribution in [0.25, 0.3) is 83.4 Å². The first-order chi connectivity index (χ1) is 62.6. The van der Waals surface area contributed by atoms with Crippen LogP contribution in [0.15, 0.2) is 254 Å². The Bertz CT molecular complexity index is 7130. The quantitative estimate of drug-likeness (QED) is 0.0529. The SMILES string of the molecule is [2H]c1c([2H])c([2H])c(-c2cnc(-n3c4[c-]c(Oc5[c-]c(-n6[c-][n+](-c7c(-c8c([2H])c([2H])c9c(c8[2H])C(C([2H])([2H])[2H])(C([2H])([2H])[2H])CC9(C([2H])([2H])[2H])C([2H])([2H])[2H])cc(C(C)(C)C)cc7[Si](c7c([2H])c([2H])c([2H])c([2H])c7[2H])(c7c([2H])c([2H])c([2H])c([2H])c7[2H])c7c([2H])c([2H])c([2H])c([2H])c7[2H])c7ccc(-c8c(C([2H])([2H])[2H])cccc8C([2H])([2H])[2H])cc76)ccc5)ccc4c4ccccc43)cc2C([2H])([2H])[2H])c([2H])c1[2H].[Pt]. The average molecular weight is 1450 g/mol. The van der Waals surface area contributed by atoms with E-state index in [0.717, 1.165) is 39.6 Å². The molecule has 0 bridgehead atoms. The Kier molecular flexibility index (Phi) is 7.31. The summed E-state index contributed by atoms with van der Waals surface area (Å²) >= 11 is 0. The van der Waals surface area contributed by atoms with Gasteiger partial charge in [-0.15, -0.1) is 29.7 Å². The third-order valence-corrected chi connectivity index (χ3v) is 20.6. The number of fused-ring (bicyclic) bond motifs is 5. The van der Waals surface area contributed by atoms with Crippen LogP contribution in [0.2, 0.25) is 0 Å². The molecule has 93 heavy (non-hydrogen) atoms. The zero-order valence-corrected chi connectivity index (χ0v) is 52.5. The van der Waals surface area contributed by atoms with Crippen LogP contribution in [0.3, 0.4) is 0 Å². The molecule has 460 valence electrons. The number of imidazole rings is 1. The van der Waals surface area contributed by atoms with E-state index in [9.17, 15) is 28.8 Å². The summed E-state index contributed by atoms with van der Waals surface area (Å²) in [5, 5.41) is -3.41. The van der Waals surface area contributed by atoms with Gasteiger partial charge in [-0.1, -0.05) is 253 Å². The fourth-order valence-electron chi connectivity index (χ4n) is 12.2. The van der Waals surface area contributed by atoms with E-state index in [2.05, 4.69) is 23.4 Å². The summed E-state index contributed by atoms with van der Waals surface area (Å²) in [6.07, 6.45) is 2.30. The van der Waals surface area contributed by atoms with Crippen molar-refractivity contribution in [2.45, 2.75) is 91.4 Å². The predicted molar refractivity (Wildman–Crippen MR) is 383 cm³/mol. The van der Waals surface area contributed by atoms with Gasteiger partial charge in [0.2, 0.25) is 0 Å². The summed E-state index contributed by atoms with van der Waals surface area (Å²) in [5.41, 5.74) is -18.9. The summed E-state index contributed by atoms with van der Waals surface area (Å²) in [5.74, 6) is -0.496. The monoisotopic (exact) mass is 1450 g/mol. The number of nitrogens with zero attached hydrogens (tertiary/aromatic N) is 4. The molecule has 0 aliphatic heterocycles. The van der Waals surface area contributed by atoms with Gasteiger partial charge in [-0.2, -0.15) is 18.2 Å². The topological polar surface area (TPSA) is 35.9 Å². The zero-order valence-electron chi connectivity index (χ0n) is 93.2. The molecular weight excluding hydrogens is 1330 g/mol. The van der Waals surface area contributed by atoms with Crippen LogP contribution in [0.5, 0.6) is 11.5 Å². The number of hydrogen-bond donors (Lipinski definition) is 0. The maximum Gasteiger partial charge on any atom is 0.268 e. The van der Waals surface area contributed by atoms with E-state index in [4.69, 9.17) is 36.3 Å². The van der Waals surface area contributed by atoms with E-state index in [1.807, 2.05) is 0 Å². The second kappa shape index (κ2) is 23.6. The Morgan fingerprint density at radius 2 is 1.22 bits per heavy atom. The fourth-order valence-corrected chi connectivity index (χ4v) is 16.2. The maximum atomic E-state index is 10.9. The Morgan fingerprint density at radius 1 is 0.570 bits per heavy atom. The molecule has 0 saturated heterocycles. The third kappa shape index (κ3) is 10.5. The molecule has 15 rings (SSSR count). The van der Waals surface area contributed by atoms with Crippen LogP contribution >= 0.6 is 0 Å². The van der Waals surface area contributed by atoms with E-state index >= 15 is 0 Å². The van der Waals surface area contributed by atoms with E-state index in [1.165, 1.54) is 79.9 Å². The molecule has 14 aromatic rings. The molecule has 0 atom stereocenters. The number of ether oxygens (including phenoxy) is 1. The molecule has 0 N–H and O–H groups in total. The maximum absolute atomic E-state index is 10.9. The first-order valence-electron chi connectivity index (χ1n) is 50.6. The first kappa shape index (κ1) is 28.8. The van der Waals surface area contributed by atoms with Crippen molar-refractivity contribution < 1.29 is 90.7 Å². The van der Waals surface area contributed by atoms with Gasteiger partial charge in [0.05, 0.1) is 48.2 Å². The van der Waals surface area contributed by atoms with Crippen LogP contribution in [0.1, 0.15) is 148 Å². The van der Waals surface area contributed by atoms with Gasteiger partial charge in [0, 0.05) is 78.6 Å². The molecule has 0 saturated carbocycles. The number of aromatic nitrogens is 4. The smallest absolute Gasteiger partial charge is 0.268 e. The summed E-state index contributed by atoms with van der Waals surface area (Å²) in [4.78, 5) is 4.66. The fraction of sp³-hybridized carbons (Fsp3) is 0.163. The second-order valence-corrected chi connectivity index (χ2v) is 26.7. The van der Waals surface area contributed by atoms with Crippen molar-refractivity contribution in [1.82, 2.24) is 14.1 Å². The van der Waals surface area contributed by atoms with Crippen LogP contribution in [-0.4, -0.2) is 22.2 Å². The van der Waals surface area contributed by atoms with Crippen molar-refractivity contribution in [1.29, 1.82) is 0 Å². The predicted octanol–water partition coefficient (Wildman–Crippen LogP) is 18.1. The standard InChI is InChI=1S/C86H74N4OSi.Pt/c1-57-27-25-28-58(2)82(57)62-42-46-77-79(49-62)88(64-31-26-32-65(52-64)91-66-43-44-71-70-39-23-24-40-76(70)90(78(71)53-66)81-47-59(3)73(54-87-81)60-29-15-11-16-30-60)56-89(77)83-72(61-41-45-74-75(48-61)86(9,10)55-85(74,7)8)50-63(84(4,5)6)51-80(83)92(67-33-17-12-18-34-67,68-35-19-13-20-36-68)69-37-21-14-22-38-69;/h11-51,54H,55H2,1-10H3;/q-2;/i1D3,2D3,3D3,7D3,8D3,9D3,10D3,11D,12D,13D,14D,15D,16D,17D,18D,19D,20D,21D,22D,29D,30D,33D,34D,35D,36D,37D,38D,41D,45D,48D;. The molecule has 0 spiro atoms. The minimum Gasteiger partial charge on any atom is -0.510 e. The van der Waals surface area contributed by atoms with Gasteiger partial charge in [-0.25, -0.2) is 4.98 Å². The number of rotatable bonds is 12. The van der Waals surface area contributed by atoms with E-state index in [0.29, 0.717) is 16.3 Å². The van der Waals surface area contributed by atoms with Crippen molar-refractivity contribution in [3.8, 4) is 62.1 Å². The van der Waals surface area contributed by atoms with Crippen molar-refractivity contribution in [3.63, 3.8) is 0 Å². The molecule has 0 unspecified atom stereocenters. The van der Waals surface area contributed by atoms with E-state index in [1.54, 1.807) is 30.3 Å². The second-order valence-electron chi connectivity index (χ2n) is 23.1. The Labute approximate surface area is 624 Å². The van der Waals surface area contributed by atoms with Crippen LogP contribution in [-0.2, 0) is 37.3 Å². The average Bonchev–Trinajstić information content (AvgIpc) is 1.51. The van der Waals surface area contributed by atoms with Crippen LogP contribution < -0.4 is 30.1 Å². The first-order valence-corrected chi connectivity index (χ1v) is 30.6. The van der Waals surface area contributed by atoms with Gasteiger partial charge in [-0.3, -0.25) is 4.57 Å². The van der Waals surface area contributed by atoms with Gasteiger partial charge in [0.25, 0.3) is 6.33 Å². The molecule has 0 radical (unpaired) electrons. The van der Waals surface area contributed by atoms with Crippen molar-refractivity contribution >= 4 is 61.7 Å². The van der Waals surface area contributed by atoms with Gasteiger partial charge >= 0.3 is 0 Å². The van der Waals surface area contributed by atoms with Crippen molar-refractivity contribution in [2.75, 3.05) is 0 Å². The third-order valence-electron chi connectivity index (χ3n) is 16.4. The summed E-state index contributed by atoms with van der Waals surface area (Å²) in [6, 6.07) is 3.23. The van der Waals surface area contributed by atoms with Crippen molar-refractivity contribution in [2.24, 2.45) is 0 Å².